The largest absolute Gasteiger partial charge is 0.348 e. The van der Waals surface area contributed by atoms with Crippen molar-refractivity contribution in [2.24, 2.45) is 5.41 Å². The van der Waals surface area contributed by atoms with Gasteiger partial charge in [0.15, 0.2) is 0 Å². The molecule has 1 aromatic rings. The Morgan fingerprint density at radius 3 is 2.44 bits per heavy atom. The number of aryl methyl sites for hydroxylation is 1. The minimum absolute atomic E-state index is 0.0150. The number of amides is 1. The highest BCUT2D eigenvalue weighted by atomic mass is 79.9. The highest BCUT2D eigenvalue weighted by Crippen LogP contribution is 2.27. The maximum atomic E-state index is 11.9. The Bertz CT molecular complexity index is 373. The molecule has 1 heterocycles. The molecule has 1 N–H and O–H groups in total. The number of rotatable bonds is 2. The summed E-state index contributed by atoms with van der Waals surface area (Å²) in [6.45, 7) is 10.4. The summed E-state index contributed by atoms with van der Waals surface area (Å²) < 4.78 is 1.03. The third-order valence-corrected chi connectivity index (χ3v) is 4.86. The van der Waals surface area contributed by atoms with Crippen molar-refractivity contribution in [3.05, 3.63) is 20.3 Å². The molecule has 0 fully saturated rings. The van der Waals surface area contributed by atoms with Gasteiger partial charge in [0.1, 0.15) is 0 Å². The zero-order valence-electron chi connectivity index (χ0n) is 10.3. The van der Waals surface area contributed by atoms with E-state index in [9.17, 15) is 4.79 Å². The first-order valence-electron chi connectivity index (χ1n) is 5.28. The van der Waals surface area contributed by atoms with Crippen LogP contribution in [0, 0.1) is 12.3 Å². The van der Waals surface area contributed by atoms with Crippen molar-refractivity contribution in [1.29, 1.82) is 0 Å². The van der Waals surface area contributed by atoms with Crippen LogP contribution >= 0.6 is 27.3 Å². The molecule has 1 amide bonds. The fourth-order valence-electron chi connectivity index (χ4n) is 1.06. The van der Waals surface area contributed by atoms with Crippen LogP contribution in [0.4, 0.5) is 0 Å². The average Bonchev–Trinajstić information content (AvgIpc) is 2.45. The van der Waals surface area contributed by atoms with E-state index in [0.717, 1.165) is 14.2 Å². The quantitative estimate of drug-likeness (QED) is 0.879. The van der Waals surface area contributed by atoms with Crippen LogP contribution in [0.3, 0.4) is 0 Å². The molecule has 4 heteroatoms. The van der Waals surface area contributed by atoms with Crippen molar-refractivity contribution in [3.8, 4) is 0 Å². The molecular formula is C12H18BrNOS. The number of thiophene rings is 1. The van der Waals surface area contributed by atoms with E-state index in [1.807, 2.05) is 19.9 Å². The lowest BCUT2D eigenvalue weighted by Crippen LogP contribution is -2.41. The normalized spacial score (nSPS) is 13.6. The average molecular weight is 304 g/mol. The number of halogens is 1. The van der Waals surface area contributed by atoms with Crippen LogP contribution in [0.15, 0.2) is 9.85 Å². The smallest absolute Gasteiger partial charge is 0.261 e. The topological polar surface area (TPSA) is 29.1 Å². The molecule has 1 unspecified atom stereocenters. The lowest BCUT2D eigenvalue weighted by Gasteiger charge is -2.27. The Morgan fingerprint density at radius 2 is 2.06 bits per heavy atom. The van der Waals surface area contributed by atoms with Crippen molar-refractivity contribution in [3.63, 3.8) is 0 Å². The second-order valence-corrected chi connectivity index (χ2v) is 7.50. The molecule has 0 bridgehead atoms. The van der Waals surface area contributed by atoms with Gasteiger partial charge in [-0.25, -0.2) is 0 Å². The van der Waals surface area contributed by atoms with Crippen molar-refractivity contribution >= 4 is 33.2 Å². The van der Waals surface area contributed by atoms with Crippen LogP contribution in [-0.2, 0) is 0 Å². The molecule has 0 aliphatic carbocycles. The SMILES string of the molecule is Cc1cc(C(=O)NC(C)C(C)(C)C)sc1Br. The summed E-state index contributed by atoms with van der Waals surface area (Å²) in [5.74, 6) is 0.0150. The third kappa shape index (κ3) is 3.32. The monoisotopic (exact) mass is 303 g/mol. The first kappa shape index (κ1) is 13.7. The predicted molar refractivity (Wildman–Crippen MR) is 73.1 cm³/mol. The van der Waals surface area contributed by atoms with Gasteiger partial charge in [-0.2, -0.15) is 0 Å². The highest BCUT2D eigenvalue weighted by molar-refractivity contribution is 9.11. The molecule has 0 aliphatic heterocycles. The molecule has 2 nitrogen and oxygen atoms in total. The van der Waals surface area contributed by atoms with Gasteiger partial charge in [-0.15, -0.1) is 11.3 Å². The van der Waals surface area contributed by atoms with Gasteiger partial charge < -0.3 is 5.32 Å². The summed E-state index contributed by atoms with van der Waals surface area (Å²) in [7, 11) is 0. The summed E-state index contributed by atoms with van der Waals surface area (Å²) in [5.41, 5.74) is 1.19. The van der Waals surface area contributed by atoms with Gasteiger partial charge >= 0.3 is 0 Å². The van der Waals surface area contributed by atoms with Crippen molar-refractivity contribution in [2.75, 3.05) is 0 Å². The molecule has 0 radical (unpaired) electrons. The second-order valence-electron chi connectivity index (χ2n) is 5.13. The lowest BCUT2D eigenvalue weighted by atomic mass is 9.88. The van der Waals surface area contributed by atoms with Gasteiger partial charge in [-0.3, -0.25) is 4.79 Å². The van der Waals surface area contributed by atoms with E-state index in [-0.39, 0.29) is 17.4 Å². The van der Waals surface area contributed by atoms with E-state index in [1.165, 1.54) is 11.3 Å². The first-order valence-corrected chi connectivity index (χ1v) is 6.89. The Balaban J connectivity index is 2.73. The summed E-state index contributed by atoms with van der Waals surface area (Å²) in [5, 5.41) is 3.03. The maximum Gasteiger partial charge on any atom is 0.261 e. The fourth-order valence-corrected chi connectivity index (χ4v) is 2.49. The van der Waals surface area contributed by atoms with Crippen molar-refractivity contribution < 1.29 is 4.79 Å². The maximum absolute atomic E-state index is 11.9. The summed E-state index contributed by atoms with van der Waals surface area (Å²) in [6.07, 6.45) is 0. The van der Waals surface area contributed by atoms with Crippen molar-refractivity contribution in [2.45, 2.75) is 40.7 Å². The van der Waals surface area contributed by atoms with Gasteiger partial charge in [0.05, 0.1) is 8.66 Å². The molecule has 16 heavy (non-hydrogen) atoms. The molecule has 0 saturated carbocycles. The molecule has 0 saturated heterocycles. The minimum atomic E-state index is 0.0150. The van der Waals surface area contributed by atoms with Gasteiger partial charge in [0.2, 0.25) is 0 Å². The van der Waals surface area contributed by atoms with Crippen LogP contribution in [0.1, 0.15) is 42.9 Å². The van der Waals surface area contributed by atoms with Gasteiger partial charge in [0, 0.05) is 6.04 Å². The molecule has 0 aromatic carbocycles. The molecule has 0 spiro atoms. The molecule has 1 aromatic heterocycles. The number of hydrogen-bond donors (Lipinski definition) is 1. The number of nitrogens with one attached hydrogen (secondary N) is 1. The van der Waals surface area contributed by atoms with Gasteiger partial charge in [-0.1, -0.05) is 20.8 Å². The van der Waals surface area contributed by atoms with E-state index in [0.29, 0.717) is 0 Å². The van der Waals surface area contributed by atoms with E-state index < -0.39 is 0 Å². The number of hydrogen-bond acceptors (Lipinski definition) is 2. The number of carbonyl (C=O) groups excluding carboxylic acids is 1. The van der Waals surface area contributed by atoms with Crippen LogP contribution < -0.4 is 5.32 Å². The zero-order chi connectivity index (χ0) is 12.5. The number of carbonyl (C=O) groups is 1. The minimum Gasteiger partial charge on any atom is -0.348 e. The van der Waals surface area contributed by atoms with Crippen LogP contribution in [0.2, 0.25) is 0 Å². The third-order valence-electron chi connectivity index (χ3n) is 2.73. The highest BCUT2D eigenvalue weighted by Gasteiger charge is 2.22. The molecular weight excluding hydrogens is 286 g/mol. The summed E-state index contributed by atoms with van der Waals surface area (Å²) in [4.78, 5) is 12.7. The Kier molecular flexibility index (Phi) is 4.18. The molecule has 1 atom stereocenters. The molecule has 0 aliphatic rings. The van der Waals surface area contributed by atoms with E-state index in [2.05, 4.69) is 42.0 Å². The summed E-state index contributed by atoms with van der Waals surface area (Å²) >= 11 is 4.91. The summed E-state index contributed by atoms with van der Waals surface area (Å²) in [6, 6.07) is 2.07. The van der Waals surface area contributed by atoms with Gasteiger partial charge in [0.25, 0.3) is 5.91 Å². The zero-order valence-corrected chi connectivity index (χ0v) is 12.8. The Labute approximate surface area is 110 Å². The van der Waals surface area contributed by atoms with Crippen LogP contribution in [0.25, 0.3) is 0 Å². The Hall–Kier alpha value is -0.350. The fraction of sp³-hybridized carbons (Fsp3) is 0.583. The lowest BCUT2D eigenvalue weighted by molar-refractivity contribution is 0.0914. The first-order chi connectivity index (χ1) is 7.21. The van der Waals surface area contributed by atoms with Crippen molar-refractivity contribution in [1.82, 2.24) is 5.32 Å². The second kappa shape index (κ2) is 4.88. The standard InChI is InChI=1S/C12H18BrNOS/c1-7-6-9(16-10(7)13)11(15)14-8(2)12(3,4)5/h6,8H,1-5H3,(H,14,15). The van der Waals surface area contributed by atoms with Gasteiger partial charge in [-0.05, 0) is 46.8 Å². The Morgan fingerprint density at radius 1 is 1.50 bits per heavy atom. The van der Waals surface area contributed by atoms with Crippen LogP contribution in [-0.4, -0.2) is 11.9 Å². The van der Waals surface area contributed by atoms with Crippen LogP contribution in [0.5, 0.6) is 0 Å². The van der Waals surface area contributed by atoms with E-state index in [4.69, 9.17) is 0 Å². The molecule has 90 valence electrons. The predicted octanol–water partition coefficient (Wildman–Crippen LogP) is 3.98. The van der Waals surface area contributed by atoms with E-state index in [1.54, 1.807) is 0 Å². The molecule has 1 rings (SSSR count). The van der Waals surface area contributed by atoms with E-state index >= 15 is 0 Å².